The van der Waals surface area contributed by atoms with Crippen LogP contribution in [0.1, 0.15) is 27.2 Å². The van der Waals surface area contributed by atoms with Gasteiger partial charge < -0.3 is 25.2 Å². The van der Waals surface area contributed by atoms with Crippen molar-refractivity contribution in [2.24, 2.45) is 5.73 Å². The summed E-state index contributed by atoms with van der Waals surface area (Å²) in [6.45, 7) is 0.482. The molecule has 0 aliphatic rings. The summed E-state index contributed by atoms with van der Waals surface area (Å²) in [5.41, 5.74) is 12.3. The van der Waals surface area contributed by atoms with Crippen molar-refractivity contribution in [3.8, 4) is 11.1 Å². The molecule has 3 heterocycles. The lowest BCUT2D eigenvalue weighted by atomic mass is 9.98. The van der Waals surface area contributed by atoms with Gasteiger partial charge in [-0.15, -0.1) is 11.3 Å². The summed E-state index contributed by atoms with van der Waals surface area (Å²) in [5.74, 6) is -0.311. The van der Waals surface area contributed by atoms with E-state index in [1.807, 2.05) is 42.5 Å². The highest BCUT2D eigenvalue weighted by Gasteiger charge is 2.14. The molecule has 0 bridgehead atoms. The largest absolute Gasteiger partial charge is 0.464 e. The standard InChI is InChI=1S/C32H27N3O4S/c33-31(36)30-20(13-15-38-30)6-7-24-19-40-29-11-9-22(17-27(24)29)21-8-10-28-26(16-21)23(18-39-28)12-14-34-32(37)35-25-4-2-1-3-5-25/h1-5,8-11,13,15-19H,6-7,12,14H2,(H2,33,36)(H2,34,35,37). The van der Waals surface area contributed by atoms with Crippen molar-refractivity contribution >= 4 is 50.0 Å². The first kappa shape index (κ1) is 25.5. The molecule has 6 rings (SSSR count). The number of hydrogen-bond acceptors (Lipinski definition) is 5. The molecule has 0 unspecified atom stereocenters. The van der Waals surface area contributed by atoms with Gasteiger partial charge in [0.1, 0.15) is 5.58 Å². The minimum absolute atomic E-state index is 0.233. The number of primary amides is 1. The number of nitrogens with one attached hydrogen (secondary N) is 2. The fraction of sp³-hybridized carbons (Fsp3) is 0.125. The minimum atomic E-state index is -0.544. The molecule has 0 aliphatic heterocycles. The fourth-order valence-corrected chi connectivity index (χ4v) is 5.91. The molecule has 0 fully saturated rings. The molecule has 4 N–H and O–H groups in total. The van der Waals surface area contributed by atoms with Gasteiger partial charge in [-0.1, -0.05) is 30.3 Å². The van der Waals surface area contributed by atoms with Gasteiger partial charge in [-0.25, -0.2) is 4.79 Å². The molecular formula is C32H27N3O4S. The number of carbonyl (C=O) groups is 2. The summed E-state index contributed by atoms with van der Waals surface area (Å²) in [5, 5.41) is 10.2. The molecule has 8 heteroatoms. The fourth-order valence-electron chi connectivity index (χ4n) is 4.94. The smallest absolute Gasteiger partial charge is 0.319 e. The first-order valence-corrected chi connectivity index (χ1v) is 13.9. The van der Waals surface area contributed by atoms with E-state index >= 15 is 0 Å². The Morgan fingerprint density at radius 2 is 1.57 bits per heavy atom. The molecule has 6 aromatic rings. The quantitative estimate of drug-likeness (QED) is 0.178. The maximum absolute atomic E-state index is 12.2. The first-order chi connectivity index (χ1) is 19.5. The van der Waals surface area contributed by atoms with Crippen molar-refractivity contribution in [1.29, 1.82) is 0 Å². The highest BCUT2D eigenvalue weighted by Crippen LogP contribution is 2.34. The van der Waals surface area contributed by atoms with Gasteiger partial charge in [0, 0.05) is 27.9 Å². The van der Waals surface area contributed by atoms with Crippen LogP contribution in [-0.2, 0) is 19.3 Å². The Hall–Kier alpha value is -4.82. The van der Waals surface area contributed by atoms with Crippen molar-refractivity contribution in [1.82, 2.24) is 5.32 Å². The lowest BCUT2D eigenvalue weighted by Crippen LogP contribution is -2.30. The Morgan fingerprint density at radius 3 is 2.40 bits per heavy atom. The highest BCUT2D eigenvalue weighted by atomic mass is 32.1. The number of amides is 3. The molecule has 3 amide bonds. The van der Waals surface area contributed by atoms with Crippen LogP contribution in [0, 0.1) is 0 Å². The molecule has 0 saturated carbocycles. The number of anilines is 1. The molecule has 0 saturated heterocycles. The van der Waals surface area contributed by atoms with Crippen molar-refractivity contribution in [2.45, 2.75) is 19.3 Å². The number of urea groups is 1. The van der Waals surface area contributed by atoms with Crippen molar-refractivity contribution < 1.29 is 18.4 Å². The van der Waals surface area contributed by atoms with Gasteiger partial charge in [0.15, 0.2) is 5.76 Å². The number of benzene rings is 3. The molecule has 3 aromatic carbocycles. The van der Waals surface area contributed by atoms with Crippen LogP contribution in [0.3, 0.4) is 0 Å². The van der Waals surface area contributed by atoms with E-state index in [4.69, 9.17) is 14.6 Å². The Bertz CT molecular complexity index is 1820. The van der Waals surface area contributed by atoms with Crippen LogP contribution in [0.25, 0.3) is 32.2 Å². The molecule has 0 radical (unpaired) electrons. The van der Waals surface area contributed by atoms with Crippen LogP contribution in [0.5, 0.6) is 0 Å². The molecule has 0 atom stereocenters. The van der Waals surface area contributed by atoms with E-state index in [2.05, 4.69) is 46.3 Å². The van der Waals surface area contributed by atoms with E-state index in [0.717, 1.165) is 45.3 Å². The van der Waals surface area contributed by atoms with E-state index < -0.39 is 5.91 Å². The van der Waals surface area contributed by atoms with Gasteiger partial charge in [0.05, 0.1) is 12.5 Å². The zero-order valence-corrected chi connectivity index (χ0v) is 22.4. The predicted molar refractivity (Wildman–Crippen MR) is 159 cm³/mol. The zero-order chi connectivity index (χ0) is 27.5. The number of para-hydroxylation sites is 1. The van der Waals surface area contributed by atoms with Gasteiger partial charge in [-0.2, -0.15) is 0 Å². The van der Waals surface area contributed by atoms with E-state index in [-0.39, 0.29) is 11.8 Å². The summed E-state index contributed by atoms with van der Waals surface area (Å²) in [6, 6.07) is 23.7. The number of fused-ring (bicyclic) bond motifs is 2. The molecule has 200 valence electrons. The van der Waals surface area contributed by atoms with E-state index in [0.29, 0.717) is 19.4 Å². The number of aryl methyl sites for hydroxylation is 2. The molecule has 3 aromatic heterocycles. The monoisotopic (exact) mass is 549 g/mol. The second-order valence-corrected chi connectivity index (χ2v) is 10.5. The zero-order valence-electron chi connectivity index (χ0n) is 21.6. The number of carbonyl (C=O) groups excluding carboxylic acids is 2. The normalized spacial score (nSPS) is 11.2. The van der Waals surface area contributed by atoms with Gasteiger partial charge in [-0.3, -0.25) is 4.79 Å². The Labute approximate surface area is 234 Å². The van der Waals surface area contributed by atoms with Crippen molar-refractivity contribution in [2.75, 3.05) is 11.9 Å². The lowest BCUT2D eigenvalue weighted by Gasteiger charge is -2.07. The van der Waals surface area contributed by atoms with E-state index in [1.54, 1.807) is 17.6 Å². The summed E-state index contributed by atoms with van der Waals surface area (Å²) in [7, 11) is 0. The van der Waals surface area contributed by atoms with E-state index in [1.165, 1.54) is 21.9 Å². The molecule has 40 heavy (non-hydrogen) atoms. The third kappa shape index (κ3) is 5.34. The predicted octanol–water partition coefficient (Wildman–Crippen LogP) is 7.16. The first-order valence-electron chi connectivity index (χ1n) is 13.0. The number of rotatable bonds is 9. The number of hydrogen-bond donors (Lipinski definition) is 3. The van der Waals surface area contributed by atoms with Crippen LogP contribution < -0.4 is 16.4 Å². The van der Waals surface area contributed by atoms with Crippen LogP contribution in [0.15, 0.2) is 99.5 Å². The van der Waals surface area contributed by atoms with Crippen LogP contribution in [0.4, 0.5) is 10.5 Å². The molecule has 0 aliphatic carbocycles. The minimum Gasteiger partial charge on any atom is -0.464 e. The van der Waals surface area contributed by atoms with Gasteiger partial charge in [-0.05, 0) is 94.7 Å². The van der Waals surface area contributed by atoms with Crippen molar-refractivity contribution in [3.05, 3.63) is 113 Å². The van der Waals surface area contributed by atoms with Crippen LogP contribution >= 0.6 is 11.3 Å². The number of thiophene rings is 1. The lowest BCUT2D eigenvalue weighted by molar-refractivity contribution is 0.0972. The third-order valence-corrected chi connectivity index (χ3v) is 8.00. The Morgan fingerprint density at radius 1 is 0.800 bits per heavy atom. The molecule has 0 spiro atoms. The summed E-state index contributed by atoms with van der Waals surface area (Å²) in [6.07, 6.45) is 5.37. The Balaban J connectivity index is 1.17. The highest BCUT2D eigenvalue weighted by molar-refractivity contribution is 7.17. The summed E-state index contributed by atoms with van der Waals surface area (Å²) >= 11 is 1.71. The van der Waals surface area contributed by atoms with E-state index in [9.17, 15) is 9.59 Å². The van der Waals surface area contributed by atoms with Crippen LogP contribution in [-0.4, -0.2) is 18.5 Å². The average Bonchev–Trinajstić information content (AvgIpc) is 3.70. The van der Waals surface area contributed by atoms with Gasteiger partial charge in [0.25, 0.3) is 5.91 Å². The summed E-state index contributed by atoms with van der Waals surface area (Å²) in [4.78, 5) is 23.9. The topological polar surface area (TPSA) is 110 Å². The average molecular weight is 550 g/mol. The maximum Gasteiger partial charge on any atom is 0.319 e. The van der Waals surface area contributed by atoms with Crippen LogP contribution in [0.2, 0.25) is 0 Å². The van der Waals surface area contributed by atoms with Gasteiger partial charge >= 0.3 is 6.03 Å². The summed E-state index contributed by atoms with van der Waals surface area (Å²) < 4.78 is 12.3. The number of nitrogens with two attached hydrogens (primary N) is 1. The number of furan rings is 2. The molecule has 7 nitrogen and oxygen atoms in total. The van der Waals surface area contributed by atoms with Crippen molar-refractivity contribution in [3.63, 3.8) is 0 Å². The maximum atomic E-state index is 12.2. The SMILES string of the molecule is NC(=O)c1occc1CCc1csc2ccc(-c3ccc4occ(CCNC(=O)Nc5ccccc5)c4c3)cc12. The second kappa shape index (κ2) is 11.1. The third-order valence-electron chi connectivity index (χ3n) is 6.99. The second-order valence-electron chi connectivity index (χ2n) is 9.58. The molecular weight excluding hydrogens is 522 g/mol. The van der Waals surface area contributed by atoms with Gasteiger partial charge in [0.2, 0.25) is 0 Å². The Kier molecular flexibility index (Phi) is 7.08.